The second kappa shape index (κ2) is 9.39. The SMILES string of the molecule is CCCN(CCC)C(=O)c1nc([C@@H]2CCCN2Cc2ccccn2)n2ccccc12. The Hall–Kier alpha value is -2.73. The predicted molar refractivity (Wildman–Crippen MR) is 118 cm³/mol. The van der Waals surface area contributed by atoms with Crippen LogP contribution in [-0.4, -0.2) is 49.7 Å². The van der Waals surface area contributed by atoms with Gasteiger partial charge in [0.1, 0.15) is 5.82 Å². The molecule has 3 aromatic heterocycles. The average molecular weight is 406 g/mol. The van der Waals surface area contributed by atoms with Gasteiger partial charge >= 0.3 is 0 Å². The van der Waals surface area contributed by atoms with Gasteiger partial charge in [-0.1, -0.05) is 26.0 Å². The van der Waals surface area contributed by atoms with Gasteiger partial charge in [-0.25, -0.2) is 4.98 Å². The quantitative estimate of drug-likeness (QED) is 0.560. The van der Waals surface area contributed by atoms with E-state index in [2.05, 4.69) is 34.2 Å². The summed E-state index contributed by atoms with van der Waals surface area (Å²) in [6.07, 6.45) is 7.95. The molecule has 4 heterocycles. The van der Waals surface area contributed by atoms with Crippen LogP contribution in [0.1, 0.15) is 67.6 Å². The van der Waals surface area contributed by atoms with Crippen LogP contribution in [-0.2, 0) is 6.54 Å². The van der Waals surface area contributed by atoms with Crippen molar-refractivity contribution in [2.45, 2.75) is 52.1 Å². The van der Waals surface area contributed by atoms with Gasteiger partial charge in [0.25, 0.3) is 5.91 Å². The highest BCUT2D eigenvalue weighted by atomic mass is 16.2. The molecular weight excluding hydrogens is 374 g/mol. The summed E-state index contributed by atoms with van der Waals surface area (Å²) in [5.74, 6) is 1.01. The molecule has 0 spiro atoms. The zero-order valence-corrected chi connectivity index (χ0v) is 18.0. The molecule has 0 unspecified atom stereocenters. The van der Waals surface area contributed by atoms with Gasteiger partial charge < -0.3 is 9.30 Å². The van der Waals surface area contributed by atoms with Crippen LogP contribution in [0.25, 0.3) is 5.52 Å². The summed E-state index contributed by atoms with van der Waals surface area (Å²) in [7, 11) is 0. The van der Waals surface area contributed by atoms with E-state index in [1.165, 1.54) is 0 Å². The first kappa shape index (κ1) is 20.5. The maximum atomic E-state index is 13.4. The van der Waals surface area contributed by atoms with Crippen LogP contribution in [0.5, 0.6) is 0 Å². The Labute approximate surface area is 178 Å². The Morgan fingerprint density at radius 3 is 2.67 bits per heavy atom. The van der Waals surface area contributed by atoms with Crippen molar-refractivity contribution in [2.75, 3.05) is 19.6 Å². The number of hydrogen-bond acceptors (Lipinski definition) is 4. The van der Waals surface area contributed by atoms with E-state index in [0.717, 1.165) is 68.9 Å². The number of carbonyl (C=O) groups excluding carboxylic acids is 1. The highest BCUT2D eigenvalue weighted by Gasteiger charge is 2.32. The molecule has 6 nitrogen and oxygen atoms in total. The lowest BCUT2D eigenvalue weighted by molar-refractivity contribution is 0.0752. The Bertz CT molecular complexity index is 978. The molecule has 0 aliphatic carbocycles. The molecule has 1 aliphatic rings. The van der Waals surface area contributed by atoms with Crippen molar-refractivity contribution >= 4 is 11.4 Å². The van der Waals surface area contributed by atoms with Crippen LogP contribution in [0.3, 0.4) is 0 Å². The first-order valence-electron chi connectivity index (χ1n) is 11.1. The zero-order chi connectivity index (χ0) is 20.9. The molecule has 1 saturated heterocycles. The van der Waals surface area contributed by atoms with Crippen molar-refractivity contribution in [3.63, 3.8) is 0 Å². The molecule has 0 N–H and O–H groups in total. The third-order valence-corrected chi connectivity index (χ3v) is 5.81. The third kappa shape index (κ3) is 4.10. The number of amides is 1. The van der Waals surface area contributed by atoms with Crippen LogP contribution in [0.4, 0.5) is 0 Å². The Morgan fingerprint density at radius 2 is 1.93 bits per heavy atom. The molecule has 6 heteroatoms. The maximum Gasteiger partial charge on any atom is 0.274 e. The minimum atomic E-state index is 0.0444. The molecule has 0 saturated carbocycles. The molecule has 1 fully saturated rings. The lowest BCUT2D eigenvalue weighted by atomic mass is 10.2. The molecular formula is C24H31N5O. The van der Waals surface area contributed by atoms with Gasteiger partial charge in [-0.3, -0.25) is 14.7 Å². The lowest BCUT2D eigenvalue weighted by Crippen LogP contribution is -2.33. The highest BCUT2D eigenvalue weighted by molar-refractivity contribution is 5.99. The number of imidazole rings is 1. The Balaban J connectivity index is 1.68. The van der Waals surface area contributed by atoms with E-state index in [9.17, 15) is 4.79 Å². The zero-order valence-electron chi connectivity index (χ0n) is 18.0. The monoisotopic (exact) mass is 405 g/mol. The molecule has 1 amide bonds. The Kier molecular flexibility index (Phi) is 6.43. The normalized spacial score (nSPS) is 16.9. The number of aromatic nitrogens is 3. The van der Waals surface area contributed by atoms with Gasteiger partial charge in [0.2, 0.25) is 0 Å². The summed E-state index contributed by atoms with van der Waals surface area (Å²) in [6.45, 7) is 7.58. The largest absolute Gasteiger partial charge is 0.337 e. The molecule has 0 aromatic carbocycles. The van der Waals surface area contributed by atoms with Crippen LogP contribution < -0.4 is 0 Å². The van der Waals surface area contributed by atoms with Gasteiger partial charge in [-0.15, -0.1) is 0 Å². The molecule has 1 aliphatic heterocycles. The summed E-state index contributed by atoms with van der Waals surface area (Å²) in [5.41, 5.74) is 2.55. The summed E-state index contributed by atoms with van der Waals surface area (Å²) in [5, 5.41) is 0. The van der Waals surface area contributed by atoms with Crippen molar-refractivity contribution in [1.82, 2.24) is 24.2 Å². The topological polar surface area (TPSA) is 53.7 Å². The van der Waals surface area contributed by atoms with Gasteiger partial charge in [-0.05, 0) is 56.5 Å². The van der Waals surface area contributed by atoms with Crippen molar-refractivity contribution in [1.29, 1.82) is 0 Å². The number of hydrogen-bond donors (Lipinski definition) is 0. The highest BCUT2D eigenvalue weighted by Crippen LogP contribution is 2.33. The first-order chi connectivity index (χ1) is 14.7. The van der Waals surface area contributed by atoms with Crippen LogP contribution in [0, 0.1) is 0 Å². The summed E-state index contributed by atoms with van der Waals surface area (Å²) in [6, 6.07) is 12.3. The molecule has 30 heavy (non-hydrogen) atoms. The van der Waals surface area contributed by atoms with Gasteiger partial charge in [0.05, 0.1) is 17.3 Å². The molecule has 158 valence electrons. The van der Waals surface area contributed by atoms with Crippen molar-refractivity contribution < 1.29 is 4.79 Å². The van der Waals surface area contributed by atoms with E-state index in [0.29, 0.717) is 5.69 Å². The fourth-order valence-corrected chi connectivity index (χ4v) is 4.47. The molecule has 0 bridgehead atoms. The standard InChI is InChI=1S/C24H31N5O/c1-3-14-27(15-4-2)24(30)22-20-11-6-8-17-29(20)23(26-22)21-12-9-16-28(21)18-19-10-5-7-13-25-19/h5-8,10-11,13,17,21H,3-4,9,12,14-16,18H2,1-2H3/t21-/m0/s1. The number of pyridine rings is 2. The fourth-order valence-electron chi connectivity index (χ4n) is 4.47. The van der Waals surface area contributed by atoms with E-state index in [1.54, 1.807) is 0 Å². The van der Waals surface area contributed by atoms with Crippen LogP contribution >= 0.6 is 0 Å². The van der Waals surface area contributed by atoms with Crippen molar-refractivity contribution in [2.24, 2.45) is 0 Å². The molecule has 0 radical (unpaired) electrons. The van der Waals surface area contributed by atoms with E-state index in [4.69, 9.17) is 4.98 Å². The molecule has 4 rings (SSSR count). The van der Waals surface area contributed by atoms with E-state index in [-0.39, 0.29) is 11.9 Å². The number of rotatable bonds is 8. The first-order valence-corrected chi connectivity index (χ1v) is 11.1. The number of likely N-dealkylation sites (tertiary alicyclic amines) is 1. The second-order valence-corrected chi connectivity index (χ2v) is 8.02. The second-order valence-electron chi connectivity index (χ2n) is 8.02. The minimum absolute atomic E-state index is 0.0444. The minimum Gasteiger partial charge on any atom is -0.337 e. The van der Waals surface area contributed by atoms with Gasteiger partial charge in [-0.2, -0.15) is 0 Å². The summed E-state index contributed by atoms with van der Waals surface area (Å²) in [4.78, 5) is 27.2. The predicted octanol–water partition coefficient (Wildman–Crippen LogP) is 4.33. The van der Waals surface area contributed by atoms with Crippen molar-refractivity contribution in [3.05, 3.63) is 66.0 Å². The van der Waals surface area contributed by atoms with Crippen LogP contribution in [0.15, 0.2) is 48.8 Å². The summed E-state index contributed by atoms with van der Waals surface area (Å²) >= 11 is 0. The third-order valence-electron chi connectivity index (χ3n) is 5.81. The van der Waals surface area contributed by atoms with E-state index < -0.39 is 0 Å². The van der Waals surface area contributed by atoms with Crippen LogP contribution in [0.2, 0.25) is 0 Å². The van der Waals surface area contributed by atoms with Crippen molar-refractivity contribution in [3.8, 4) is 0 Å². The molecule has 1 atom stereocenters. The Morgan fingerprint density at radius 1 is 1.13 bits per heavy atom. The lowest BCUT2D eigenvalue weighted by Gasteiger charge is -2.23. The number of carbonyl (C=O) groups is 1. The maximum absolute atomic E-state index is 13.4. The number of nitrogens with zero attached hydrogens (tertiary/aromatic N) is 5. The molecule has 3 aromatic rings. The average Bonchev–Trinajstić information content (AvgIpc) is 3.38. The smallest absolute Gasteiger partial charge is 0.274 e. The number of fused-ring (bicyclic) bond motifs is 1. The van der Waals surface area contributed by atoms with Gasteiger partial charge in [0, 0.05) is 32.0 Å². The van der Waals surface area contributed by atoms with E-state index >= 15 is 0 Å². The fraction of sp³-hybridized carbons (Fsp3) is 0.458. The van der Waals surface area contributed by atoms with E-state index in [1.807, 2.05) is 47.6 Å². The van der Waals surface area contributed by atoms with Gasteiger partial charge in [0.15, 0.2) is 5.69 Å². The summed E-state index contributed by atoms with van der Waals surface area (Å²) < 4.78 is 2.12.